The van der Waals surface area contributed by atoms with Crippen molar-refractivity contribution >= 4 is 5.97 Å². The Morgan fingerprint density at radius 1 is 1.21 bits per heavy atom. The predicted molar refractivity (Wildman–Crippen MR) is 78.8 cm³/mol. The first kappa shape index (κ1) is 17.6. The standard InChI is InChI=1S/C16H26O3/c1-13(2)7-5-8-14(3)11-12-15(17)9-6-10-16(18)19-4/h6-7,10-11,15,17H,5,8-9,12H2,1-4H3/b10-6+,14-11+/t15-/m0/s1. The number of methoxy groups -OCH3 is 1. The van der Waals surface area contributed by atoms with Crippen LogP contribution in [0.15, 0.2) is 35.5 Å². The average molecular weight is 266 g/mol. The van der Waals surface area contributed by atoms with E-state index in [1.807, 2.05) is 0 Å². The predicted octanol–water partition coefficient (Wildman–Crippen LogP) is 3.55. The summed E-state index contributed by atoms with van der Waals surface area (Å²) < 4.78 is 4.47. The molecule has 108 valence electrons. The largest absolute Gasteiger partial charge is 0.466 e. The Balaban J connectivity index is 3.93. The molecule has 3 nitrogen and oxygen atoms in total. The quantitative estimate of drug-likeness (QED) is 0.415. The van der Waals surface area contributed by atoms with Crippen molar-refractivity contribution in [3.8, 4) is 0 Å². The molecule has 0 aromatic rings. The molecule has 0 bridgehead atoms. The first-order valence-electron chi connectivity index (χ1n) is 6.67. The van der Waals surface area contributed by atoms with Gasteiger partial charge in [-0.3, -0.25) is 0 Å². The maximum absolute atomic E-state index is 10.8. The zero-order chi connectivity index (χ0) is 14.7. The van der Waals surface area contributed by atoms with E-state index in [1.165, 1.54) is 24.3 Å². The van der Waals surface area contributed by atoms with Crippen LogP contribution in [0.2, 0.25) is 0 Å². The van der Waals surface area contributed by atoms with Crippen LogP contribution in [0, 0.1) is 0 Å². The highest BCUT2D eigenvalue weighted by atomic mass is 16.5. The third-order valence-electron chi connectivity index (χ3n) is 2.69. The molecule has 0 aromatic carbocycles. The van der Waals surface area contributed by atoms with Gasteiger partial charge in [-0.25, -0.2) is 4.79 Å². The lowest BCUT2D eigenvalue weighted by Gasteiger charge is -2.05. The average Bonchev–Trinajstić information content (AvgIpc) is 2.35. The SMILES string of the molecule is COC(=O)/C=C/C[C@H](O)C/C=C(\C)CCC=C(C)C. The van der Waals surface area contributed by atoms with E-state index in [0.29, 0.717) is 12.8 Å². The zero-order valence-electron chi connectivity index (χ0n) is 12.5. The van der Waals surface area contributed by atoms with Crippen molar-refractivity contribution in [1.82, 2.24) is 0 Å². The molecule has 0 radical (unpaired) electrons. The van der Waals surface area contributed by atoms with E-state index in [-0.39, 0.29) is 5.97 Å². The third-order valence-corrected chi connectivity index (χ3v) is 2.69. The molecule has 0 aliphatic carbocycles. The maximum atomic E-state index is 10.8. The number of aliphatic hydroxyl groups is 1. The molecule has 0 aliphatic rings. The molecular weight excluding hydrogens is 240 g/mol. The molecular formula is C16H26O3. The van der Waals surface area contributed by atoms with Gasteiger partial charge >= 0.3 is 5.97 Å². The van der Waals surface area contributed by atoms with E-state index in [2.05, 4.69) is 37.7 Å². The summed E-state index contributed by atoms with van der Waals surface area (Å²) in [5.74, 6) is -0.388. The minimum absolute atomic E-state index is 0.388. The first-order valence-corrected chi connectivity index (χ1v) is 6.67. The van der Waals surface area contributed by atoms with Gasteiger partial charge in [-0.05, 0) is 46.5 Å². The Hall–Kier alpha value is -1.35. The molecule has 0 heterocycles. The summed E-state index contributed by atoms with van der Waals surface area (Å²) in [7, 11) is 1.33. The van der Waals surface area contributed by atoms with E-state index in [4.69, 9.17) is 0 Å². The van der Waals surface area contributed by atoms with E-state index >= 15 is 0 Å². The van der Waals surface area contributed by atoms with Crippen LogP contribution in [0.4, 0.5) is 0 Å². The number of allylic oxidation sites excluding steroid dienone is 3. The van der Waals surface area contributed by atoms with Crippen molar-refractivity contribution in [3.05, 3.63) is 35.5 Å². The van der Waals surface area contributed by atoms with Crippen molar-refractivity contribution in [3.63, 3.8) is 0 Å². The molecule has 1 atom stereocenters. The van der Waals surface area contributed by atoms with Gasteiger partial charge in [0.25, 0.3) is 0 Å². The first-order chi connectivity index (χ1) is 8.95. The smallest absolute Gasteiger partial charge is 0.330 e. The van der Waals surface area contributed by atoms with Crippen molar-refractivity contribution in [2.75, 3.05) is 7.11 Å². The lowest BCUT2D eigenvalue weighted by Crippen LogP contribution is -2.04. The molecule has 19 heavy (non-hydrogen) atoms. The summed E-state index contributed by atoms with van der Waals surface area (Å²) in [6.45, 7) is 6.27. The second-order valence-electron chi connectivity index (χ2n) is 4.92. The van der Waals surface area contributed by atoms with Gasteiger partial charge in [-0.15, -0.1) is 0 Å². The summed E-state index contributed by atoms with van der Waals surface area (Å²) in [5.41, 5.74) is 2.62. The molecule has 1 N–H and O–H groups in total. The van der Waals surface area contributed by atoms with E-state index in [0.717, 1.165) is 12.8 Å². The van der Waals surface area contributed by atoms with Crippen LogP contribution in [0.3, 0.4) is 0 Å². The fourth-order valence-electron chi connectivity index (χ4n) is 1.51. The number of ether oxygens (including phenoxy) is 1. The lowest BCUT2D eigenvalue weighted by atomic mass is 10.1. The topological polar surface area (TPSA) is 46.5 Å². The van der Waals surface area contributed by atoms with Crippen molar-refractivity contribution in [2.24, 2.45) is 0 Å². The lowest BCUT2D eigenvalue weighted by molar-refractivity contribution is -0.134. The van der Waals surface area contributed by atoms with Crippen LogP contribution >= 0.6 is 0 Å². The number of rotatable bonds is 8. The number of aliphatic hydroxyl groups excluding tert-OH is 1. The Bertz CT molecular complexity index is 347. The van der Waals surface area contributed by atoms with Gasteiger partial charge in [0.1, 0.15) is 0 Å². The van der Waals surface area contributed by atoms with Gasteiger partial charge in [0, 0.05) is 6.08 Å². The Labute approximate surface area is 116 Å². The van der Waals surface area contributed by atoms with Crippen LogP contribution in [0.1, 0.15) is 46.5 Å². The second kappa shape index (κ2) is 10.6. The number of esters is 1. The molecule has 0 spiro atoms. The van der Waals surface area contributed by atoms with Crippen LogP contribution in [-0.2, 0) is 9.53 Å². The highest BCUT2D eigenvalue weighted by Gasteiger charge is 2.00. The molecule has 3 heteroatoms. The van der Waals surface area contributed by atoms with Gasteiger partial charge in [0.05, 0.1) is 13.2 Å². The highest BCUT2D eigenvalue weighted by molar-refractivity contribution is 5.81. The number of carbonyl (C=O) groups excluding carboxylic acids is 1. The fraction of sp³-hybridized carbons (Fsp3) is 0.562. The maximum Gasteiger partial charge on any atom is 0.330 e. The molecule has 0 saturated carbocycles. The van der Waals surface area contributed by atoms with E-state index in [9.17, 15) is 9.90 Å². The normalized spacial score (nSPS) is 13.4. The minimum Gasteiger partial charge on any atom is -0.466 e. The van der Waals surface area contributed by atoms with E-state index < -0.39 is 6.10 Å². The van der Waals surface area contributed by atoms with Gasteiger partial charge in [-0.1, -0.05) is 29.4 Å². The van der Waals surface area contributed by atoms with Crippen LogP contribution in [0.25, 0.3) is 0 Å². The van der Waals surface area contributed by atoms with Gasteiger partial charge in [0.15, 0.2) is 0 Å². The number of hydrogen-bond donors (Lipinski definition) is 1. The third kappa shape index (κ3) is 11.5. The van der Waals surface area contributed by atoms with Gasteiger partial charge < -0.3 is 9.84 Å². The van der Waals surface area contributed by atoms with E-state index in [1.54, 1.807) is 6.08 Å². The van der Waals surface area contributed by atoms with Gasteiger partial charge in [0.2, 0.25) is 0 Å². The van der Waals surface area contributed by atoms with Crippen LogP contribution in [0.5, 0.6) is 0 Å². The zero-order valence-corrected chi connectivity index (χ0v) is 12.5. The van der Waals surface area contributed by atoms with Crippen LogP contribution in [-0.4, -0.2) is 24.3 Å². The highest BCUT2D eigenvalue weighted by Crippen LogP contribution is 2.10. The minimum atomic E-state index is -0.445. The van der Waals surface area contributed by atoms with Crippen molar-refractivity contribution in [1.29, 1.82) is 0 Å². The Kier molecular flexibility index (Phi) is 9.81. The van der Waals surface area contributed by atoms with Crippen molar-refractivity contribution in [2.45, 2.75) is 52.6 Å². The Morgan fingerprint density at radius 3 is 2.47 bits per heavy atom. The number of carbonyl (C=O) groups is 1. The summed E-state index contributed by atoms with van der Waals surface area (Å²) in [5, 5.41) is 9.74. The summed E-state index contributed by atoms with van der Waals surface area (Å²) in [4.78, 5) is 10.8. The Morgan fingerprint density at radius 2 is 1.89 bits per heavy atom. The fourth-order valence-corrected chi connectivity index (χ4v) is 1.51. The molecule has 0 unspecified atom stereocenters. The molecule has 0 saturated heterocycles. The summed E-state index contributed by atoms with van der Waals surface area (Å²) in [6, 6.07) is 0. The van der Waals surface area contributed by atoms with Crippen LogP contribution < -0.4 is 0 Å². The second-order valence-corrected chi connectivity index (χ2v) is 4.92. The number of hydrogen-bond acceptors (Lipinski definition) is 3. The summed E-state index contributed by atoms with van der Waals surface area (Å²) in [6.07, 6.45) is 9.97. The van der Waals surface area contributed by atoms with Gasteiger partial charge in [-0.2, -0.15) is 0 Å². The molecule has 0 fully saturated rings. The summed E-state index contributed by atoms with van der Waals surface area (Å²) >= 11 is 0. The monoisotopic (exact) mass is 266 g/mol. The molecule has 0 amide bonds. The molecule has 0 rings (SSSR count). The molecule has 0 aromatic heterocycles. The molecule has 0 aliphatic heterocycles. The van der Waals surface area contributed by atoms with Crippen molar-refractivity contribution < 1.29 is 14.6 Å².